The average molecular weight is 180 g/mol. The monoisotopic (exact) mass is 180 g/mol. The Labute approximate surface area is 78.6 Å². The van der Waals surface area contributed by atoms with Gasteiger partial charge in [-0.25, -0.2) is 4.79 Å². The Kier molecular flexibility index (Phi) is 2.38. The molecule has 0 amide bonds. The largest absolute Gasteiger partial charge is 0.478 e. The van der Waals surface area contributed by atoms with Crippen molar-refractivity contribution < 1.29 is 9.90 Å². The predicted octanol–water partition coefficient (Wildman–Crippen LogP) is 2.60. The zero-order valence-corrected chi connectivity index (χ0v) is 7.83. The SMILES string of the molecule is O=C(O)C1=CCCC2CCCCC12. The van der Waals surface area contributed by atoms with Crippen LogP contribution in [-0.4, -0.2) is 11.1 Å². The van der Waals surface area contributed by atoms with E-state index in [4.69, 9.17) is 5.11 Å². The van der Waals surface area contributed by atoms with E-state index in [0.29, 0.717) is 17.4 Å². The highest BCUT2D eigenvalue weighted by Gasteiger charge is 2.32. The number of carboxylic acids is 1. The number of allylic oxidation sites excluding steroid dienone is 1. The first-order valence-electron chi connectivity index (χ1n) is 5.22. The molecule has 0 heterocycles. The van der Waals surface area contributed by atoms with Crippen LogP contribution >= 0.6 is 0 Å². The van der Waals surface area contributed by atoms with Crippen molar-refractivity contribution in [2.24, 2.45) is 11.8 Å². The van der Waals surface area contributed by atoms with Gasteiger partial charge in [-0.05, 0) is 37.5 Å². The molecule has 2 heteroatoms. The van der Waals surface area contributed by atoms with Crippen LogP contribution in [0.5, 0.6) is 0 Å². The van der Waals surface area contributed by atoms with Gasteiger partial charge in [-0.1, -0.05) is 18.9 Å². The zero-order valence-electron chi connectivity index (χ0n) is 7.83. The van der Waals surface area contributed by atoms with Gasteiger partial charge in [0.2, 0.25) is 0 Å². The number of aliphatic carboxylic acids is 1. The summed E-state index contributed by atoms with van der Waals surface area (Å²) in [5, 5.41) is 9.01. The standard InChI is InChI=1S/C11H16O2/c12-11(13)10-7-3-5-8-4-1-2-6-9(8)10/h7-9H,1-6H2,(H,12,13). The zero-order chi connectivity index (χ0) is 9.26. The average Bonchev–Trinajstić information content (AvgIpc) is 2.17. The molecule has 0 bridgehead atoms. The van der Waals surface area contributed by atoms with Crippen molar-refractivity contribution in [2.75, 3.05) is 0 Å². The highest BCUT2D eigenvalue weighted by Crippen LogP contribution is 2.40. The van der Waals surface area contributed by atoms with Crippen molar-refractivity contribution in [1.29, 1.82) is 0 Å². The van der Waals surface area contributed by atoms with E-state index in [1.54, 1.807) is 0 Å². The van der Waals surface area contributed by atoms with Crippen LogP contribution in [0.25, 0.3) is 0 Å². The Morgan fingerprint density at radius 3 is 2.85 bits per heavy atom. The molecule has 1 saturated carbocycles. The van der Waals surface area contributed by atoms with Crippen molar-refractivity contribution in [3.8, 4) is 0 Å². The van der Waals surface area contributed by atoms with E-state index in [0.717, 1.165) is 12.8 Å². The maximum absolute atomic E-state index is 10.9. The molecule has 1 fully saturated rings. The second-order valence-corrected chi connectivity index (χ2v) is 4.19. The number of hydrogen-bond donors (Lipinski definition) is 1. The molecule has 72 valence electrons. The highest BCUT2D eigenvalue weighted by atomic mass is 16.4. The quantitative estimate of drug-likeness (QED) is 0.673. The molecule has 13 heavy (non-hydrogen) atoms. The van der Waals surface area contributed by atoms with E-state index in [9.17, 15) is 4.79 Å². The lowest BCUT2D eigenvalue weighted by Crippen LogP contribution is -2.27. The molecule has 0 aliphatic heterocycles. The molecule has 0 saturated heterocycles. The normalized spacial score (nSPS) is 33.4. The van der Waals surface area contributed by atoms with E-state index < -0.39 is 5.97 Å². The van der Waals surface area contributed by atoms with Crippen molar-refractivity contribution in [1.82, 2.24) is 0 Å². The van der Waals surface area contributed by atoms with Crippen molar-refractivity contribution in [3.63, 3.8) is 0 Å². The summed E-state index contributed by atoms with van der Waals surface area (Å²) < 4.78 is 0. The maximum atomic E-state index is 10.9. The van der Waals surface area contributed by atoms with Gasteiger partial charge in [0, 0.05) is 5.57 Å². The van der Waals surface area contributed by atoms with E-state index in [2.05, 4.69) is 0 Å². The fourth-order valence-corrected chi connectivity index (χ4v) is 2.81. The van der Waals surface area contributed by atoms with Gasteiger partial charge < -0.3 is 5.11 Å². The predicted molar refractivity (Wildman–Crippen MR) is 50.4 cm³/mol. The Morgan fingerprint density at radius 1 is 1.31 bits per heavy atom. The van der Waals surface area contributed by atoms with Crippen molar-refractivity contribution >= 4 is 5.97 Å². The van der Waals surface area contributed by atoms with Gasteiger partial charge in [-0.3, -0.25) is 0 Å². The van der Waals surface area contributed by atoms with Gasteiger partial charge >= 0.3 is 5.97 Å². The molecule has 2 rings (SSSR count). The van der Waals surface area contributed by atoms with Gasteiger partial charge in [-0.2, -0.15) is 0 Å². The Hall–Kier alpha value is -0.790. The van der Waals surface area contributed by atoms with Crippen LogP contribution in [0.3, 0.4) is 0 Å². The van der Waals surface area contributed by atoms with Gasteiger partial charge in [0.25, 0.3) is 0 Å². The van der Waals surface area contributed by atoms with Gasteiger partial charge in [0.1, 0.15) is 0 Å². The molecule has 2 aliphatic rings. The maximum Gasteiger partial charge on any atom is 0.331 e. The summed E-state index contributed by atoms with van der Waals surface area (Å²) >= 11 is 0. The number of rotatable bonds is 1. The molecule has 2 aliphatic carbocycles. The third kappa shape index (κ3) is 1.62. The first-order valence-corrected chi connectivity index (χ1v) is 5.22. The number of carboxylic acid groups (broad SMARTS) is 1. The minimum Gasteiger partial charge on any atom is -0.478 e. The number of hydrogen-bond acceptors (Lipinski definition) is 1. The van der Waals surface area contributed by atoms with Gasteiger partial charge in [0.15, 0.2) is 0 Å². The summed E-state index contributed by atoms with van der Waals surface area (Å²) in [4.78, 5) is 10.9. The molecular weight excluding hydrogens is 164 g/mol. The molecule has 0 aromatic heterocycles. The Morgan fingerprint density at radius 2 is 2.08 bits per heavy atom. The summed E-state index contributed by atoms with van der Waals surface area (Å²) in [7, 11) is 0. The number of fused-ring (bicyclic) bond motifs is 1. The van der Waals surface area contributed by atoms with Gasteiger partial charge in [0.05, 0.1) is 0 Å². The van der Waals surface area contributed by atoms with Crippen LogP contribution in [0.2, 0.25) is 0 Å². The summed E-state index contributed by atoms with van der Waals surface area (Å²) in [6, 6.07) is 0. The van der Waals surface area contributed by atoms with Gasteiger partial charge in [-0.15, -0.1) is 0 Å². The summed E-state index contributed by atoms with van der Waals surface area (Å²) in [6.07, 6.45) is 8.98. The lowest BCUT2D eigenvalue weighted by molar-refractivity contribution is -0.133. The first kappa shape index (κ1) is 8.79. The highest BCUT2D eigenvalue weighted by molar-refractivity contribution is 5.87. The fourth-order valence-electron chi connectivity index (χ4n) is 2.81. The Bertz CT molecular complexity index is 242. The molecule has 0 aromatic carbocycles. The smallest absolute Gasteiger partial charge is 0.331 e. The van der Waals surface area contributed by atoms with E-state index in [1.807, 2.05) is 6.08 Å². The summed E-state index contributed by atoms with van der Waals surface area (Å²) in [5.74, 6) is 0.362. The van der Waals surface area contributed by atoms with E-state index in [1.165, 1.54) is 25.7 Å². The molecule has 2 unspecified atom stereocenters. The topological polar surface area (TPSA) is 37.3 Å². The van der Waals surface area contributed by atoms with E-state index in [-0.39, 0.29) is 0 Å². The van der Waals surface area contributed by atoms with Crippen LogP contribution in [0.1, 0.15) is 38.5 Å². The Balaban J connectivity index is 2.17. The molecule has 0 aromatic rings. The summed E-state index contributed by atoms with van der Waals surface area (Å²) in [6.45, 7) is 0. The first-order chi connectivity index (χ1) is 6.29. The summed E-state index contributed by atoms with van der Waals surface area (Å²) in [5.41, 5.74) is 0.705. The molecule has 2 nitrogen and oxygen atoms in total. The number of carbonyl (C=O) groups is 1. The molecule has 1 N–H and O–H groups in total. The second kappa shape index (κ2) is 3.52. The minimum absolute atomic E-state index is 0.375. The van der Waals surface area contributed by atoms with Crippen LogP contribution in [0.15, 0.2) is 11.6 Å². The molecule has 0 spiro atoms. The molecule has 0 radical (unpaired) electrons. The van der Waals surface area contributed by atoms with Crippen molar-refractivity contribution in [2.45, 2.75) is 38.5 Å². The lowest BCUT2D eigenvalue weighted by Gasteiger charge is -2.34. The lowest BCUT2D eigenvalue weighted by atomic mass is 9.70. The van der Waals surface area contributed by atoms with Crippen molar-refractivity contribution in [3.05, 3.63) is 11.6 Å². The second-order valence-electron chi connectivity index (χ2n) is 4.19. The van der Waals surface area contributed by atoms with Crippen LogP contribution in [0, 0.1) is 11.8 Å². The molecule has 2 atom stereocenters. The van der Waals surface area contributed by atoms with E-state index >= 15 is 0 Å². The minimum atomic E-state index is -0.684. The fraction of sp³-hybridized carbons (Fsp3) is 0.727. The third-order valence-electron chi connectivity index (χ3n) is 3.46. The third-order valence-corrected chi connectivity index (χ3v) is 3.46. The van der Waals surface area contributed by atoms with Crippen LogP contribution in [0.4, 0.5) is 0 Å². The van der Waals surface area contributed by atoms with Crippen LogP contribution < -0.4 is 0 Å². The molecular formula is C11H16O2. The van der Waals surface area contributed by atoms with Crippen LogP contribution in [-0.2, 0) is 4.79 Å².